The Kier molecular flexibility index (Phi) is 10.1. The molecule has 0 bridgehead atoms. The van der Waals surface area contributed by atoms with Crippen molar-refractivity contribution in [1.29, 1.82) is 0 Å². The molecule has 3 rings (SSSR count). The third-order valence-electron chi connectivity index (χ3n) is 5.92. The summed E-state index contributed by atoms with van der Waals surface area (Å²) in [6.07, 6.45) is 4.18. The molecule has 2 heterocycles. The van der Waals surface area contributed by atoms with E-state index in [-0.39, 0.29) is 41.4 Å². The van der Waals surface area contributed by atoms with Crippen LogP contribution in [0.15, 0.2) is 29.3 Å². The SMILES string of the molecule is CCNC(=NCc1ccc(N2CCCC2=O)cc1)NCC1CCCOC1C(C)(C)C.I. The average molecular weight is 543 g/mol. The number of ether oxygens (including phenoxy) is 1. The van der Waals surface area contributed by atoms with E-state index in [2.05, 4.69) is 50.5 Å². The summed E-state index contributed by atoms with van der Waals surface area (Å²) >= 11 is 0. The monoisotopic (exact) mass is 542 g/mol. The van der Waals surface area contributed by atoms with E-state index < -0.39 is 0 Å². The lowest BCUT2D eigenvalue weighted by atomic mass is 9.78. The smallest absolute Gasteiger partial charge is 0.227 e. The van der Waals surface area contributed by atoms with Gasteiger partial charge < -0.3 is 20.3 Å². The average Bonchev–Trinajstić information content (AvgIpc) is 3.16. The first-order chi connectivity index (χ1) is 14.4. The molecule has 0 aliphatic carbocycles. The number of anilines is 1. The number of carbonyl (C=O) groups excluding carboxylic acids is 1. The van der Waals surface area contributed by atoms with Gasteiger partial charge in [-0.05, 0) is 49.3 Å². The van der Waals surface area contributed by atoms with E-state index >= 15 is 0 Å². The number of rotatable bonds is 6. The van der Waals surface area contributed by atoms with Crippen LogP contribution >= 0.6 is 24.0 Å². The van der Waals surface area contributed by atoms with Gasteiger partial charge in [0.15, 0.2) is 5.96 Å². The Morgan fingerprint density at radius 1 is 1.19 bits per heavy atom. The van der Waals surface area contributed by atoms with Gasteiger partial charge >= 0.3 is 0 Å². The van der Waals surface area contributed by atoms with Gasteiger partial charge in [0.1, 0.15) is 0 Å². The van der Waals surface area contributed by atoms with Crippen molar-refractivity contribution < 1.29 is 9.53 Å². The summed E-state index contributed by atoms with van der Waals surface area (Å²) in [5.41, 5.74) is 2.26. The van der Waals surface area contributed by atoms with Crippen LogP contribution in [0.4, 0.5) is 5.69 Å². The molecule has 2 unspecified atom stereocenters. The van der Waals surface area contributed by atoms with E-state index in [0.717, 1.165) is 56.3 Å². The second-order valence-electron chi connectivity index (χ2n) is 9.45. The highest BCUT2D eigenvalue weighted by Crippen LogP contribution is 2.33. The molecular weight excluding hydrogens is 503 g/mol. The number of hydrogen-bond donors (Lipinski definition) is 2. The second-order valence-corrected chi connectivity index (χ2v) is 9.45. The lowest BCUT2D eigenvalue weighted by molar-refractivity contribution is -0.117. The minimum absolute atomic E-state index is 0. The van der Waals surface area contributed by atoms with E-state index in [1.165, 1.54) is 6.42 Å². The Hall–Kier alpha value is -1.35. The van der Waals surface area contributed by atoms with Crippen LogP contribution < -0.4 is 15.5 Å². The lowest BCUT2D eigenvalue weighted by Gasteiger charge is -2.40. The van der Waals surface area contributed by atoms with E-state index in [9.17, 15) is 4.79 Å². The Morgan fingerprint density at radius 3 is 2.55 bits per heavy atom. The number of nitrogens with one attached hydrogen (secondary N) is 2. The summed E-state index contributed by atoms with van der Waals surface area (Å²) in [7, 11) is 0. The van der Waals surface area contributed by atoms with Gasteiger partial charge in [0, 0.05) is 44.3 Å². The molecule has 0 spiro atoms. The van der Waals surface area contributed by atoms with Crippen molar-refractivity contribution in [2.75, 3.05) is 31.1 Å². The largest absolute Gasteiger partial charge is 0.377 e. The fourth-order valence-electron chi connectivity index (χ4n) is 4.45. The van der Waals surface area contributed by atoms with Crippen LogP contribution in [0.2, 0.25) is 0 Å². The standard InChI is InChI=1S/C24H38N4O2.HI/c1-5-25-23(27-17-19-8-7-15-30-22(19)24(2,3)4)26-16-18-10-12-20(13-11-18)28-14-6-9-21(28)29;/h10-13,19,22H,5-9,14-17H2,1-4H3,(H2,25,26,27);1H. The number of guanidine groups is 1. The van der Waals surface area contributed by atoms with Crippen molar-refractivity contribution in [3.63, 3.8) is 0 Å². The minimum atomic E-state index is 0. The first-order valence-electron chi connectivity index (χ1n) is 11.4. The normalized spacial score (nSPS) is 22.3. The molecule has 2 aliphatic rings. The minimum Gasteiger partial charge on any atom is -0.377 e. The van der Waals surface area contributed by atoms with Crippen LogP contribution in [-0.2, 0) is 16.1 Å². The molecule has 0 radical (unpaired) electrons. The van der Waals surface area contributed by atoms with Gasteiger partial charge in [0.2, 0.25) is 5.91 Å². The summed E-state index contributed by atoms with van der Waals surface area (Å²) in [4.78, 5) is 18.6. The van der Waals surface area contributed by atoms with E-state index in [1.807, 2.05) is 17.0 Å². The number of nitrogens with zero attached hydrogens (tertiary/aromatic N) is 2. The quantitative estimate of drug-likeness (QED) is 0.319. The van der Waals surface area contributed by atoms with Crippen molar-refractivity contribution >= 4 is 41.5 Å². The summed E-state index contributed by atoms with van der Waals surface area (Å²) in [5.74, 6) is 1.55. The highest BCUT2D eigenvalue weighted by atomic mass is 127. The molecule has 2 aliphatic heterocycles. The molecule has 2 saturated heterocycles. The topological polar surface area (TPSA) is 66.0 Å². The summed E-state index contributed by atoms with van der Waals surface area (Å²) in [6.45, 7) is 12.8. The van der Waals surface area contributed by atoms with E-state index in [4.69, 9.17) is 9.73 Å². The fraction of sp³-hybridized carbons (Fsp3) is 0.667. The third-order valence-corrected chi connectivity index (χ3v) is 5.92. The van der Waals surface area contributed by atoms with Gasteiger partial charge in [-0.25, -0.2) is 4.99 Å². The molecule has 31 heavy (non-hydrogen) atoms. The van der Waals surface area contributed by atoms with Crippen molar-refractivity contribution in [1.82, 2.24) is 10.6 Å². The molecule has 6 nitrogen and oxygen atoms in total. The Labute approximate surface area is 204 Å². The number of carbonyl (C=O) groups is 1. The third kappa shape index (κ3) is 7.34. The predicted molar refractivity (Wildman–Crippen MR) is 138 cm³/mol. The maximum atomic E-state index is 11.9. The number of amides is 1. The maximum absolute atomic E-state index is 11.9. The lowest BCUT2D eigenvalue weighted by Crippen LogP contribution is -2.47. The molecule has 0 aromatic heterocycles. The van der Waals surface area contributed by atoms with Gasteiger partial charge in [0.05, 0.1) is 12.6 Å². The predicted octanol–water partition coefficient (Wildman–Crippen LogP) is 4.33. The molecule has 2 atom stereocenters. The first kappa shape index (κ1) is 25.9. The van der Waals surface area contributed by atoms with Crippen LogP contribution in [0.1, 0.15) is 58.9 Å². The zero-order valence-electron chi connectivity index (χ0n) is 19.4. The first-order valence-corrected chi connectivity index (χ1v) is 11.4. The van der Waals surface area contributed by atoms with Gasteiger partial charge in [-0.2, -0.15) is 0 Å². The number of aliphatic imine (C=N–C) groups is 1. The van der Waals surface area contributed by atoms with Crippen LogP contribution in [0.25, 0.3) is 0 Å². The van der Waals surface area contributed by atoms with Gasteiger partial charge in [-0.3, -0.25) is 4.79 Å². The van der Waals surface area contributed by atoms with Crippen molar-refractivity contribution in [2.45, 2.75) is 66.0 Å². The Bertz CT molecular complexity index is 730. The Balaban J connectivity index is 0.00000341. The number of halogens is 1. The fourth-order valence-corrected chi connectivity index (χ4v) is 4.45. The maximum Gasteiger partial charge on any atom is 0.227 e. The second kappa shape index (κ2) is 12.0. The zero-order valence-corrected chi connectivity index (χ0v) is 21.8. The molecule has 2 fully saturated rings. The molecular formula is C24H39IN4O2. The number of hydrogen-bond acceptors (Lipinski definition) is 3. The molecule has 1 aromatic carbocycles. The molecule has 1 amide bonds. The summed E-state index contributed by atoms with van der Waals surface area (Å²) in [5, 5.41) is 6.88. The molecule has 174 valence electrons. The van der Waals surface area contributed by atoms with Crippen LogP contribution in [0.5, 0.6) is 0 Å². The van der Waals surface area contributed by atoms with Crippen molar-refractivity contribution in [3.05, 3.63) is 29.8 Å². The molecule has 2 N–H and O–H groups in total. The summed E-state index contributed by atoms with van der Waals surface area (Å²) < 4.78 is 6.11. The van der Waals surface area contributed by atoms with Crippen LogP contribution in [-0.4, -0.2) is 44.2 Å². The Morgan fingerprint density at radius 2 is 1.94 bits per heavy atom. The van der Waals surface area contributed by atoms with Crippen LogP contribution in [0.3, 0.4) is 0 Å². The molecule has 7 heteroatoms. The number of benzene rings is 1. The van der Waals surface area contributed by atoms with Crippen molar-refractivity contribution in [2.24, 2.45) is 16.3 Å². The van der Waals surface area contributed by atoms with Crippen molar-refractivity contribution in [3.8, 4) is 0 Å². The zero-order chi connectivity index (χ0) is 21.6. The van der Waals surface area contributed by atoms with Gasteiger partial charge in [0.25, 0.3) is 0 Å². The van der Waals surface area contributed by atoms with Gasteiger partial charge in [-0.15, -0.1) is 24.0 Å². The highest BCUT2D eigenvalue weighted by molar-refractivity contribution is 14.0. The van der Waals surface area contributed by atoms with Gasteiger partial charge in [-0.1, -0.05) is 32.9 Å². The van der Waals surface area contributed by atoms with E-state index in [1.54, 1.807) is 0 Å². The van der Waals surface area contributed by atoms with E-state index in [0.29, 0.717) is 18.9 Å². The van der Waals surface area contributed by atoms with Crippen LogP contribution in [0, 0.1) is 11.3 Å². The highest BCUT2D eigenvalue weighted by Gasteiger charge is 2.35. The summed E-state index contributed by atoms with van der Waals surface area (Å²) in [6, 6.07) is 8.20. The molecule has 0 saturated carbocycles. The molecule has 1 aromatic rings.